The number of carboxylic acids is 1. The minimum Gasteiger partial charge on any atom is -0.480 e. The van der Waals surface area contributed by atoms with Crippen LogP contribution in [0.3, 0.4) is 0 Å². The van der Waals surface area contributed by atoms with Gasteiger partial charge >= 0.3 is 5.97 Å². The Balaban J connectivity index is 2.35. The molecule has 1 N–H and O–H groups in total. The molecule has 1 fully saturated rings. The summed E-state index contributed by atoms with van der Waals surface area (Å²) in [6, 6.07) is 3.35. The average Bonchev–Trinajstić information content (AvgIpc) is 2.47. The second-order valence-corrected chi connectivity index (χ2v) is 6.61. The Bertz CT molecular complexity index is 655. The molecule has 9 heteroatoms. The van der Waals surface area contributed by atoms with Crippen LogP contribution in [0.15, 0.2) is 29.2 Å². The number of non-ortho nitro benzene ring substituents is 1. The Morgan fingerprint density at radius 3 is 2.43 bits per heavy atom. The number of rotatable bonds is 4. The SMILES string of the molecule is O=C(O)[C@@H]1CCCCN1S(=O)(=O)c1ccc([N+](=O)[O-])cc1. The van der Waals surface area contributed by atoms with Crippen molar-refractivity contribution in [3.63, 3.8) is 0 Å². The fraction of sp³-hybridized carbons (Fsp3) is 0.417. The molecule has 1 atom stereocenters. The fourth-order valence-corrected chi connectivity index (χ4v) is 3.97. The summed E-state index contributed by atoms with van der Waals surface area (Å²) in [5.74, 6) is -1.18. The number of nitro groups is 1. The molecule has 0 radical (unpaired) electrons. The van der Waals surface area contributed by atoms with E-state index in [1.807, 2.05) is 0 Å². The Morgan fingerprint density at radius 2 is 1.90 bits per heavy atom. The molecule has 0 saturated carbocycles. The van der Waals surface area contributed by atoms with Crippen LogP contribution in [0, 0.1) is 10.1 Å². The molecule has 1 saturated heterocycles. The maximum Gasteiger partial charge on any atom is 0.322 e. The van der Waals surface area contributed by atoms with E-state index < -0.39 is 27.0 Å². The number of hydrogen-bond donors (Lipinski definition) is 1. The molecule has 21 heavy (non-hydrogen) atoms. The minimum atomic E-state index is -3.97. The van der Waals surface area contributed by atoms with E-state index in [0.29, 0.717) is 12.8 Å². The van der Waals surface area contributed by atoms with E-state index in [0.717, 1.165) is 28.6 Å². The predicted molar refractivity (Wildman–Crippen MR) is 72.3 cm³/mol. The molecule has 2 rings (SSSR count). The van der Waals surface area contributed by atoms with E-state index in [1.54, 1.807) is 0 Å². The van der Waals surface area contributed by atoms with Gasteiger partial charge in [0.2, 0.25) is 10.0 Å². The van der Waals surface area contributed by atoms with E-state index in [-0.39, 0.29) is 23.5 Å². The third-order valence-electron chi connectivity index (χ3n) is 3.39. The van der Waals surface area contributed by atoms with Crippen LogP contribution in [0.2, 0.25) is 0 Å². The van der Waals surface area contributed by atoms with Crippen molar-refractivity contribution in [1.29, 1.82) is 0 Å². The van der Waals surface area contributed by atoms with E-state index in [9.17, 15) is 23.3 Å². The summed E-state index contributed by atoms with van der Waals surface area (Å²) in [7, 11) is -3.97. The van der Waals surface area contributed by atoms with E-state index in [2.05, 4.69) is 0 Å². The van der Waals surface area contributed by atoms with Crippen molar-refractivity contribution >= 4 is 21.7 Å². The van der Waals surface area contributed by atoms with E-state index in [1.165, 1.54) is 0 Å². The van der Waals surface area contributed by atoms with Crippen molar-refractivity contribution in [2.24, 2.45) is 0 Å². The van der Waals surface area contributed by atoms with Gasteiger partial charge < -0.3 is 5.11 Å². The number of nitrogens with zero attached hydrogens (tertiary/aromatic N) is 2. The number of hydrogen-bond acceptors (Lipinski definition) is 5. The fourth-order valence-electron chi connectivity index (χ4n) is 2.31. The molecule has 1 aromatic rings. The van der Waals surface area contributed by atoms with Crippen LogP contribution in [0.5, 0.6) is 0 Å². The van der Waals surface area contributed by atoms with Gasteiger partial charge in [0.15, 0.2) is 0 Å². The first-order chi connectivity index (χ1) is 9.84. The number of carboxylic acid groups (broad SMARTS) is 1. The van der Waals surface area contributed by atoms with Crippen LogP contribution in [0.25, 0.3) is 0 Å². The second kappa shape index (κ2) is 5.78. The highest BCUT2D eigenvalue weighted by atomic mass is 32.2. The average molecular weight is 314 g/mol. The van der Waals surface area contributed by atoms with Crippen LogP contribution in [-0.2, 0) is 14.8 Å². The molecule has 1 aliphatic rings. The first-order valence-corrected chi connectivity index (χ1v) is 7.77. The normalized spacial score (nSPS) is 20.1. The largest absolute Gasteiger partial charge is 0.480 e. The minimum absolute atomic E-state index is 0.135. The molecule has 0 spiro atoms. The van der Waals surface area contributed by atoms with Gasteiger partial charge in [0.1, 0.15) is 6.04 Å². The highest BCUT2D eigenvalue weighted by molar-refractivity contribution is 7.89. The molecule has 1 heterocycles. The Kier molecular flexibility index (Phi) is 4.24. The van der Waals surface area contributed by atoms with Crippen molar-refractivity contribution in [2.75, 3.05) is 6.54 Å². The lowest BCUT2D eigenvalue weighted by Crippen LogP contribution is -2.47. The molecule has 1 aliphatic heterocycles. The lowest BCUT2D eigenvalue weighted by Gasteiger charge is -2.31. The molecule has 0 aliphatic carbocycles. The summed E-state index contributed by atoms with van der Waals surface area (Å²) in [6.07, 6.45) is 1.51. The summed E-state index contributed by atoms with van der Waals surface area (Å²) in [6.45, 7) is 0.135. The van der Waals surface area contributed by atoms with Gasteiger partial charge in [-0.3, -0.25) is 14.9 Å². The van der Waals surface area contributed by atoms with Gasteiger partial charge in [0.05, 0.1) is 9.82 Å². The van der Waals surface area contributed by atoms with Gasteiger partial charge in [-0.15, -0.1) is 0 Å². The molecular formula is C12H14N2O6S. The molecule has 1 aromatic carbocycles. The van der Waals surface area contributed by atoms with Crippen LogP contribution in [-0.4, -0.2) is 41.3 Å². The van der Waals surface area contributed by atoms with Crippen molar-refractivity contribution < 1.29 is 23.2 Å². The summed E-state index contributed by atoms with van der Waals surface area (Å²) >= 11 is 0. The van der Waals surface area contributed by atoms with Crippen molar-refractivity contribution in [3.05, 3.63) is 34.4 Å². The number of sulfonamides is 1. The van der Waals surface area contributed by atoms with Gasteiger partial charge in [-0.2, -0.15) is 4.31 Å². The van der Waals surface area contributed by atoms with Crippen LogP contribution in [0.4, 0.5) is 5.69 Å². The molecular weight excluding hydrogens is 300 g/mol. The van der Waals surface area contributed by atoms with Crippen molar-refractivity contribution in [1.82, 2.24) is 4.31 Å². The third kappa shape index (κ3) is 3.03. The van der Waals surface area contributed by atoms with Crippen LogP contribution < -0.4 is 0 Å². The molecule has 0 unspecified atom stereocenters. The maximum absolute atomic E-state index is 12.5. The zero-order chi connectivity index (χ0) is 15.6. The van der Waals surface area contributed by atoms with Crippen molar-refractivity contribution in [2.45, 2.75) is 30.2 Å². The van der Waals surface area contributed by atoms with Crippen LogP contribution in [0.1, 0.15) is 19.3 Å². The van der Waals surface area contributed by atoms with Crippen LogP contribution >= 0.6 is 0 Å². The standard InChI is InChI=1S/C12H14N2O6S/c15-12(16)11-3-1-2-8-13(11)21(19,20)10-6-4-9(5-7-10)14(17)18/h4-7,11H,1-3,8H2,(H,15,16)/t11-/m0/s1. The number of nitro benzene ring substituents is 1. The van der Waals surface area contributed by atoms with Gasteiger partial charge in [-0.1, -0.05) is 0 Å². The topological polar surface area (TPSA) is 118 Å². The zero-order valence-corrected chi connectivity index (χ0v) is 11.8. The third-order valence-corrected chi connectivity index (χ3v) is 5.32. The summed E-state index contributed by atoms with van der Waals surface area (Å²) in [5.41, 5.74) is -0.220. The lowest BCUT2D eigenvalue weighted by atomic mass is 10.1. The molecule has 0 bridgehead atoms. The predicted octanol–water partition coefficient (Wildman–Crippen LogP) is 1.22. The maximum atomic E-state index is 12.5. The smallest absolute Gasteiger partial charge is 0.322 e. The second-order valence-electron chi connectivity index (χ2n) is 4.72. The molecule has 0 aromatic heterocycles. The van der Waals surface area contributed by atoms with Crippen molar-refractivity contribution in [3.8, 4) is 0 Å². The molecule has 8 nitrogen and oxygen atoms in total. The Hall–Kier alpha value is -2.00. The quantitative estimate of drug-likeness (QED) is 0.659. The highest BCUT2D eigenvalue weighted by Crippen LogP contribution is 2.26. The van der Waals surface area contributed by atoms with Gasteiger partial charge in [0, 0.05) is 18.7 Å². The number of aliphatic carboxylic acids is 1. The molecule has 114 valence electrons. The monoisotopic (exact) mass is 314 g/mol. The number of piperidine rings is 1. The van der Waals surface area contributed by atoms with Gasteiger partial charge in [-0.05, 0) is 31.4 Å². The van der Waals surface area contributed by atoms with Gasteiger partial charge in [0.25, 0.3) is 5.69 Å². The number of benzene rings is 1. The van der Waals surface area contributed by atoms with Gasteiger partial charge in [-0.25, -0.2) is 8.42 Å². The summed E-state index contributed by atoms with van der Waals surface area (Å²) in [4.78, 5) is 21.0. The summed E-state index contributed by atoms with van der Waals surface area (Å²) in [5, 5.41) is 19.7. The zero-order valence-electron chi connectivity index (χ0n) is 11.0. The first-order valence-electron chi connectivity index (χ1n) is 6.33. The highest BCUT2D eigenvalue weighted by Gasteiger charge is 2.37. The number of carbonyl (C=O) groups is 1. The first kappa shape index (κ1) is 15.4. The lowest BCUT2D eigenvalue weighted by molar-refractivity contribution is -0.384. The van der Waals surface area contributed by atoms with E-state index >= 15 is 0 Å². The molecule has 0 amide bonds. The summed E-state index contributed by atoms with van der Waals surface area (Å²) < 4.78 is 25.9. The van der Waals surface area contributed by atoms with E-state index in [4.69, 9.17) is 5.11 Å². The Morgan fingerprint density at radius 1 is 1.29 bits per heavy atom. The Labute approximate surface area is 121 Å².